The van der Waals surface area contributed by atoms with Crippen LogP contribution in [0, 0.1) is 17.8 Å². The Morgan fingerprint density at radius 1 is 0.689 bits per heavy atom. The van der Waals surface area contributed by atoms with Crippen LogP contribution in [0.15, 0.2) is 30.3 Å². The van der Waals surface area contributed by atoms with E-state index in [2.05, 4.69) is 26.6 Å². The second-order valence-corrected chi connectivity index (χ2v) is 12.1. The van der Waals surface area contributed by atoms with E-state index in [4.69, 9.17) is 5.73 Å². The molecule has 0 aliphatic rings. The summed E-state index contributed by atoms with van der Waals surface area (Å²) >= 11 is 0. The van der Waals surface area contributed by atoms with Gasteiger partial charge < -0.3 is 37.4 Å². The number of carbonyl (C=O) groups is 6. The maximum atomic E-state index is 13.5. The third kappa shape index (κ3) is 12.9. The Hall–Kier alpha value is -4.00. The highest BCUT2D eigenvalue weighted by Crippen LogP contribution is 2.12. The molecule has 1 aromatic carbocycles. The van der Waals surface area contributed by atoms with Crippen molar-refractivity contribution in [3.05, 3.63) is 35.9 Å². The molecule has 0 aromatic heterocycles. The summed E-state index contributed by atoms with van der Waals surface area (Å²) in [4.78, 5) is 77.3. The van der Waals surface area contributed by atoms with Crippen molar-refractivity contribution < 1.29 is 33.9 Å². The zero-order valence-electron chi connectivity index (χ0n) is 27.5. The number of hydrogen-bond donors (Lipinski definition) is 7. The van der Waals surface area contributed by atoms with Gasteiger partial charge >= 0.3 is 5.97 Å². The molecule has 6 atom stereocenters. The summed E-state index contributed by atoms with van der Waals surface area (Å²) in [5, 5.41) is 22.6. The van der Waals surface area contributed by atoms with E-state index in [0.717, 1.165) is 0 Å². The highest BCUT2D eigenvalue weighted by Gasteiger charge is 2.34. The molecule has 5 amide bonds. The SMILES string of the molecule is CCC(C)[C@H](NC(=O)c1ccccc1)C(=O)N[C@@H](CCCCN)C(=O)N[C@H](C(=O)N[C@@H](C)C(=O)N[C@H](C(=O)O)C(C)C)C(C)C. The summed E-state index contributed by atoms with van der Waals surface area (Å²) in [5.41, 5.74) is 6.04. The molecule has 0 heterocycles. The summed E-state index contributed by atoms with van der Waals surface area (Å²) in [5.74, 6) is -5.09. The number of nitrogens with one attached hydrogen (secondary N) is 5. The number of nitrogens with two attached hydrogens (primary N) is 1. The summed E-state index contributed by atoms with van der Waals surface area (Å²) < 4.78 is 0. The number of carbonyl (C=O) groups excluding carboxylic acids is 5. The topological polar surface area (TPSA) is 209 Å². The van der Waals surface area contributed by atoms with Gasteiger partial charge in [-0.2, -0.15) is 0 Å². The fourth-order valence-electron chi connectivity index (χ4n) is 4.49. The largest absolute Gasteiger partial charge is 0.480 e. The molecule has 1 aromatic rings. The van der Waals surface area contributed by atoms with Gasteiger partial charge in [0, 0.05) is 5.56 Å². The normalized spacial score (nSPS) is 15.2. The van der Waals surface area contributed by atoms with Crippen LogP contribution in [0.1, 0.15) is 84.5 Å². The number of carboxylic acid groups (broad SMARTS) is 1. The van der Waals surface area contributed by atoms with Gasteiger partial charge in [-0.25, -0.2) is 4.79 Å². The third-order valence-electron chi connectivity index (χ3n) is 7.63. The molecular weight excluding hydrogens is 580 g/mol. The molecule has 0 bridgehead atoms. The molecule has 0 spiro atoms. The fourth-order valence-corrected chi connectivity index (χ4v) is 4.49. The van der Waals surface area contributed by atoms with Crippen LogP contribution in [-0.4, -0.2) is 77.4 Å². The first-order valence-electron chi connectivity index (χ1n) is 15.6. The summed E-state index contributed by atoms with van der Waals surface area (Å²) in [6.45, 7) is 12.3. The van der Waals surface area contributed by atoms with Gasteiger partial charge in [0.1, 0.15) is 30.2 Å². The van der Waals surface area contributed by atoms with Crippen LogP contribution in [-0.2, 0) is 24.0 Å². The minimum Gasteiger partial charge on any atom is -0.480 e. The van der Waals surface area contributed by atoms with E-state index in [1.807, 2.05) is 13.8 Å². The van der Waals surface area contributed by atoms with Crippen molar-refractivity contribution in [2.24, 2.45) is 23.5 Å². The smallest absolute Gasteiger partial charge is 0.326 e. The zero-order chi connectivity index (χ0) is 34.3. The Balaban J connectivity index is 3.09. The molecule has 0 aliphatic carbocycles. The average molecular weight is 633 g/mol. The fraction of sp³-hybridized carbons (Fsp3) is 0.625. The number of amides is 5. The molecule has 252 valence electrons. The number of unbranched alkanes of at least 4 members (excludes halogenated alkanes) is 1. The lowest BCUT2D eigenvalue weighted by Gasteiger charge is -2.29. The van der Waals surface area contributed by atoms with Gasteiger partial charge in [-0.1, -0.05) is 66.2 Å². The molecule has 45 heavy (non-hydrogen) atoms. The first-order valence-corrected chi connectivity index (χ1v) is 15.6. The molecule has 0 saturated carbocycles. The number of hydrogen-bond acceptors (Lipinski definition) is 7. The Bertz CT molecular complexity index is 1140. The molecule has 1 rings (SSSR count). The molecule has 13 nitrogen and oxygen atoms in total. The van der Waals surface area contributed by atoms with Crippen LogP contribution in [0.5, 0.6) is 0 Å². The number of benzene rings is 1. The van der Waals surface area contributed by atoms with Crippen molar-refractivity contribution in [3.8, 4) is 0 Å². The van der Waals surface area contributed by atoms with Crippen molar-refractivity contribution in [2.45, 2.75) is 104 Å². The summed E-state index contributed by atoms with van der Waals surface area (Å²) in [7, 11) is 0. The van der Waals surface area contributed by atoms with Crippen LogP contribution in [0.4, 0.5) is 0 Å². The lowest BCUT2D eigenvalue weighted by atomic mass is 9.96. The predicted octanol–water partition coefficient (Wildman–Crippen LogP) is 1.32. The third-order valence-corrected chi connectivity index (χ3v) is 7.63. The van der Waals surface area contributed by atoms with E-state index in [9.17, 15) is 33.9 Å². The van der Waals surface area contributed by atoms with Gasteiger partial charge in [-0.15, -0.1) is 0 Å². The van der Waals surface area contributed by atoms with Gasteiger partial charge in [-0.3, -0.25) is 24.0 Å². The van der Waals surface area contributed by atoms with E-state index in [1.54, 1.807) is 58.0 Å². The maximum absolute atomic E-state index is 13.5. The van der Waals surface area contributed by atoms with E-state index < -0.39 is 71.6 Å². The van der Waals surface area contributed by atoms with Gasteiger partial charge in [0.2, 0.25) is 23.6 Å². The second-order valence-electron chi connectivity index (χ2n) is 12.1. The molecule has 8 N–H and O–H groups in total. The molecule has 0 fully saturated rings. The number of rotatable bonds is 19. The van der Waals surface area contributed by atoms with E-state index in [0.29, 0.717) is 31.4 Å². The minimum absolute atomic E-state index is 0.242. The standard InChI is InChI=1S/C32H52N6O7/c1-8-20(6)26(38-28(40)22-14-10-9-11-15-22)31(43)35-23(16-12-13-17-33)29(41)36-24(18(2)3)30(42)34-21(7)27(39)37-25(19(4)5)32(44)45/h9-11,14-15,18-21,23-26H,8,12-13,16-17,33H2,1-7H3,(H,34,42)(H,35,43)(H,36,41)(H,37,39)(H,38,40)(H,44,45)/t20?,21-,23-,24-,25-,26-/m0/s1. The zero-order valence-corrected chi connectivity index (χ0v) is 27.5. The quantitative estimate of drug-likeness (QED) is 0.110. The molecule has 0 saturated heterocycles. The van der Waals surface area contributed by atoms with Crippen LogP contribution in [0.25, 0.3) is 0 Å². The lowest BCUT2D eigenvalue weighted by molar-refractivity contribution is -0.143. The average Bonchev–Trinajstić information content (AvgIpc) is 2.99. The van der Waals surface area contributed by atoms with Crippen LogP contribution >= 0.6 is 0 Å². The van der Waals surface area contributed by atoms with Gasteiger partial charge in [0.25, 0.3) is 5.91 Å². The molecule has 0 radical (unpaired) electrons. The van der Waals surface area contributed by atoms with Crippen LogP contribution < -0.4 is 32.3 Å². The molecule has 1 unspecified atom stereocenters. The Morgan fingerprint density at radius 2 is 1.24 bits per heavy atom. The van der Waals surface area contributed by atoms with Crippen LogP contribution in [0.2, 0.25) is 0 Å². The summed E-state index contributed by atoms with van der Waals surface area (Å²) in [6, 6.07) is 3.27. The van der Waals surface area contributed by atoms with Crippen molar-refractivity contribution in [1.29, 1.82) is 0 Å². The number of carboxylic acids is 1. The van der Waals surface area contributed by atoms with Gasteiger partial charge in [0.05, 0.1) is 0 Å². The molecule has 0 aliphatic heterocycles. The monoisotopic (exact) mass is 632 g/mol. The maximum Gasteiger partial charge on any atom is 0.326 e. The van der Waals surface area contributed by atoms with Crippen molar-refractivity contribution in [3.63, 3.8) is 0 Å². The Labute approximate surface area is 266 Å². The van der Waals surface area contributed by atoms with Crippen molar-refractivity contribution in [1.82, 2.24) is 26.6 Å². The molecule has 13 heteroatoms. The summed E-state index contributed by atoms with van der Waals surface area (Å²) in [6.07, 6.45) is 1.96. The van der Waals surface area contributed by atoms with Gasteiger partial charge in [-0.05, 0) is 62.6 Å². The Kier molecular flexibility index (Phi) is 16.8. The van der Waals surface area contributed by atoms with E-state index in [-0.39, 0.29) is 18.3 Å². The minimum atomic E-state index is -1.19. The van der Waals surface area contributed by atoms with Gasteiger partial charge in [0.15, 0.2) is 0 Å². The first kappa shape index (κ1) is 39.0. The van der Waals surface area contributed by atoms with E-state index in [1.165, 1.54) is 6.92 Å². The van der Waals surface area contributed by atoms with Crippen molar-refractivity contribution in [2.75, 3.05) is 6.54 Å². The first-order chi connectivity index (χ1) is 21.1. The highest BCUT2D eigenvalue weighted by atomic mass is 16.4. The lowest BCUT2D eigenvalue weighted by Crippen LogP contribution is -2.60. The highest BCUT2D eigenvalue weighted by molar-refractivity contribution is 5.99. The Morgan fingerprint density at radius 3 is 1.76 bits per heavy atom. The molecular formula is C32H52N6O7. The number of aliphatic carboxylic acids is 1. The van der Waals surface area contributed by atoms with Crippen LogP contribution in [0.3, 0.4) is 0 Å². The van der Waals surface area contributed by atoms with Crippen molar-refractivity contribution >= 4 is 35.5 Å². The predicted molar refractivity (Wildman–Crippen MR) is 171 cm³/mol. The second kappa shape index (κ2) is 19.4. The van der Waals surface area contributed by atoms with E-state index >= 15 is 0 Å².